The van der Waals surface area contributed by atoms with Crippen LogP contribution >= 0.6 is 11.6 Å². The Bertz CT molecular complexity index is 509. The zero-order chi connectivity index (χ0) is 11.9. The number of rotatable bonds is 1. The molecule has 82 valence electrons. The van der Waals surface area contributed by atoms with Gasteiger partial charge in [-0.1, -0.05) is 30.3 Å². The Kier molecular flexibility index (Phi) is 2.35. The summed E-state index contributed by atoms with van der Waals surface area (Å²) < 4.78 is 0. The molecule has 16 heavy (non-hydrogen) atoms. The maximum Gasteiger partial charge on any atom is 0.243 e. The molecular formula is C12H10ClNO2. The van der Waals surface area contributed by atoms with Crippen molar-refractivity contribution in [3.63, 3.8) is 0 Å². The van der Waals surface area contributed by atoms with E-state index in [4.69, 9.17) is 11.6 Å². The summed E-state index contributed by atoms with van der Waals surface area (Å²) in [5.41, 5.74) is -0.394. The van der Waals surface area contributed by atoms with Crippen molar-refractivity contribution in [2.75, 3.05) is 5.32 Å². The highest BCUT2D eigenvalue weighted by Gasteiger charge is 2.47. The van der Waals surface area contributed by atoms with Crippen LogP contribution in [0.3, 0.4) is 0 Å². The van der Waals surface area contributed by atoms with E-state index >= 15 is 0 Å². The molecule has 1 unspecified atom stereocenters. The van der Waals surface area contributed by atoms with E-state index < -0.39 is 11.3 Å². The van der Waals surface area contributed by atoms with Crippen molar-refractivity contribution in [3.8, 4) is 0 Å². The summed E-state index contributed by atoms with van der Waals surface area (Å²) >= 11 is 5.78. The summed E-state index contributed by atoms with van der Waals surface area (Å²) in [5.74, 6) is -0.747. The number of ketones is 1. The number of anilines is 1. The maximum absolute atomic E-state index is 12.2. The highest BCUT2D eigenvalue weighted by atomic mass is 35.5. The van der Waals surface area contributed by atoms with Crippen LogP contribution in [0.2, 0.25) is 0 Å². The number of Topliss-reactive ketones (excluding diaryl/α,β-unsaturated/α-hetero) is 1. The Labute approximate surface area is 98.1 Å². The van der Waals surface area contributed by atoms with Crippen LogP contribution in [-0.2, 0) is 4.79 Å². The summed E-state index contributed by atoms with van der Waals surface area (Å²) in [4.78, 5) is 24.0. The first kappa shape index (κ1) is 10.9. The van der Waals surface area contributed by atoms with Gasteiger partial charge in [-0.3, -0.25) is 9.59 Å². The zero-order valence-electron chi connectivity index (χ0n) is 8.71. The highest BCUT2D eigenvalue weighted by Crippen LogP contribution is 2.39. The molecule has 3 nitrogen and oxygen atoms in total. The Morgan fingerprint density at radius 1 is 1.38 bits per heavy atom. The predicted octanol–water partition coefficient (Wildman–Crippen LogP) is 2.58. The molecule has 1 amide bonds. The Hall–Kier alpha value is -1.61. The smallest absolute Gasteiger partial charge is 0.243 e. The van der Waals surface area contributed by atoms with Gasteiger partial charge in [0, 0.05) is 10.6 Å². The molecule has 0 saturated carbocycles. The minimum absolute atomic E-state index is 0.0319. The van der Waals surface area contributed by atoms with Crippen molar-refractivity contribution in [3.05, 3.63) is 41.4 Å². The van der Waals surface area contributed by atoms with Gasteiger partial charge in [0.1, 0.15) is 5.41 Å². The third-order valence-electron chi connectivity index (χ3n) is 2.87. The molecule has 1 aromatic carbocycles. The van der Waals surface area contributed by atoms with Crippen LogP contribution < -0.4 is 5.32 Å². The number of halogens is 1. The topological polar surface area (TPSA) is 46.2 Å². The monoisotopic (exact) mass is 235 g/mol. The molecule has 1 aliphatic heterocycles. The highest BCUT2D eigenvalue weighted by molar-refractivity contribution is 6.38. The van der Waals surface area contributed by atoms with E-state index in [1.165, 1.54) is 6.92 Å². The lowest BCUT2D eigenvalue weighted by Gasteiger charge is -2.31. The lowest BCUT2D eigenvalue weighted by molar-refractivity contribution is -0.121. The second-order valence-corrected chi connectivity index (χ2v) is 4.31. The molecule has 2 rings (SSSR count). The first-order valence-corrected chi connectivity index (χ1v) is 5.16. The lowest BCUT2D eigenvalue weighted by atomic mass is 9.78. The molecule has 0 saturated heterocycles. The summed E-state index contributed by atoms with van der Waals surface area (Å²) in [6.45, 7) is 4.99. The van der Waals surface area contributed by atoms with E-state index in [0.717, 1.165) is 0 Å². The molecule has 0 aliphatic carbocycles. The van der Waals surface area contributed by atoms with Crippen molar-refractivity contribution < 1.29 is 9.59 Å². The fraction of sp³-hybridized carbons (Fsp3) is 0.167. The van der Waals surface area contributed by atoms with Gasteiger partial charge in [-0.25, -0.2) is 0 Å². The van der Waals surface area contributed by atoms with Gasteiger partial charge in [0.25, 0.3) is 0 Å². The average molecular weight is 236 g/mol. The molecule has 0 bridgehead atoms. The number of benzene rings is 1. The third-order valence-corrected chi connectivity index (χ3v) is 3.25. The minimum Gasteiger partial charge on any atom is -0.324 e. The number of nitrogens with one attached hydrogen (secondary N) is 1. The number of carbonyl (C=O) groups excluding carboxylic acids is 2. The average Bonchev–Trinajstić information content (AvgIpc) is 2.26. The molecule has 0 radical (unpaired) electrons. The van der Waals surface area contributed by atoms with Crippen LogP contribution in [0, 0.1) is 5.41 Å². The second-order valence-electron chi connectivity index (χ2n) is 3.86. The number of hydrogen-bond donors (Lipinski definition) is 1. The van der Waals surface area contributed by atoms with Gasteiger partial charge in [-0.15, -0.1) is 0 Å². The largest absolute Gasteiger partial charge is 0.324 e. The van der Waals surface area contributed by atoms with Crippen LogP contribution in [0.15, 0.2) is 35.9 Å². The van der Waals surface area contributed by atoms with Crippen LogP contribution in [0.1, 0.15) is 17.3 Å². The SMILES string of the molecule is C=C(Cl)C1(C)C(=O)Nc2ccccc2C1=O. The van der Waals surface area contributed by atoms with E-state index in [1.807, 2.05) is 0 Å². The Morgan fingerprint density at radius 2 is 2.00 bits per heavy atom. The fourth-order valence-corrected chi connectivity index (χ4v) is 1.83. The maximum atomic E-state index is 12.2. The summed E-state index contributed by atoms with van der Waals surface area (Å²) in [6, 6.07) is 6.84. The molecule has 0 spiro atoms. The first-order chi connectivity index (χ1) is 7.48. The van der Waals surface area contributed by atoms with Crippen LogP contribution in [-0.4, -0.2) is 11.7 Å². The fourth-order valence-electron chi connectivity index (χ4n) is 1.66. The molecule has 0 aromatic heterocycles. The van der Waals surface area contributed by atoms with E-state index in [0.29, 0.717) is 11.3 Å². The number of hydrogen-bond acceptors (Lipinski definition) is 2. The molecule has 1 atom stereocenters. The molecule has 1 aromatic rings. The summed E-state index contributed by atoms with van der Waals surface area (Å²) in [7, 11) is 0. The molecule has 1 aliphatic rings. The van der Waals surface area contributed by atoms with E-state index in [9.17, 15) is 9.59 Å². The molecular weight excluding hydrogens is 226 g/mol. The molecule has 1 heterocycles. The second kappa shape index (κ2) is 3.46. The van der Waals surface area contributed by atoms with Crippen molar-refractivity contribution in [1.82, 2.24) is 0 Å². The van der Waals surface area contributed by atoms with Crippen molar-refractivity contribution in [2.24, 2.45) is 5.41 Å². The van der Waals surface area contributed by atoms with E-state index in [1.54, 1.807) is 24.3 Å². The zero-order valence-corrected chi connectivity index (χ0v) is 9.47. The Morgan fingerprint density at radius 3 is 2.62 bits per heavy atom. The number of carbonyl (C=O) groups is 2. The standard InChI is InChI=1S/C12H10ClNO2/c1-7(13)12(2)10(15)8-5-3-4-6-9(8)14-11(12)16/h3-6H,1H2,2H3,(H,14,16). The van der Waals surface area contributed by atoms with Crippen molar-refractivity contribution in [1.29, 1.82) is 0 Å². The van der Waals surface area contributed by atoms with Gasteiger partial charge in [0.05, 0.1) is 5.69 Å². The van der Waals surface area contributed by atoms with Crippen molar-refractivity contribution in [2.45, 2.75) is 6.92 Å². The van der Waals surface area contributed by atoms with Crippen LogP contribution in [0.5, 0.6) is 0 Å². The lowest BCUT2D eigenvalue weighted by Crippen LogP contribution is -2.45. The quantitative estimate of drug-likeness (QED) is 0.761. The van der Waals surface area contributed by atoms with Gasteiger partial charge >= 0.3 is 0 Å². The summed E-state index contributed by atoms with van der Waals surface area (Å²) in [6.07, 6.45) is 0. The van der Waals surface area contributed by atoms with Gasteiger partial charge in [0.15, 0.2) is 5.78 Å². The first-order valence-electron chi connectivity index (χ1n) is 4.78. The van der Waals surface area contributed by atoms with Crippen LogP contribution in [0.4, 0.5) is 5.69 Å². The van der Waals surface area contributed by atoms with Crippen molar-refractivity contribution >= 4 is 29.0 Å². The summed E-state index contributed by atoms with van der Waals surface area (Å²) in [5, 5.41) is 2.69. The number of para-hydroxylation sites is 1. The van der Waals surface area contributed by atoms with Crippen LogP contribution in [0.25, 0.3) is 0 Å². The number of fused-ring (bicyclic) bond motifs is 1. The molecule has 0 fully saturated rings. The van der Waals surface area contributed by atoms with Gasteiger partial charge in [-0.2, -0.15) is 0 Å². The van der Waals surface area contributed by atoms with Gasteiger partial charge in [-0.05, 0) is 19.1 Å². The normalized spacial score (nSPS) is 23.6. The predicted molar refractivity (Wildman–Crippen MR) is 62.5 cm³/mol. The van der Waals surface area contributed by atoms with E-state index in [2.05, 4.69) is 11.9 Å². The molecule has 1 N–H and O–H groups in total. The minimum atomic E-state index is -1.38. The molecule has 4 heteroatoms. The van der Waals surface area contributed by atoms with Gasteiger partial charge in [0.2, 0.25) is 5.91 Å². The van der Waals surface area contributed by atoms with E-state index in [-0.39, 0.29) is 10.8 Å². The number of amides is 1. The Balaban J connectivity index is 2.63. The third kappa shape index (κ3) is 1.28. The van der Waals surface area contributed by atoms with Gasteiger partial charge < -0.3 is 5.32 Å².